The average molecular weight is 604 g/mol. The Labute approximate surface area is 248 Å². The van der Waals surface area contributed by atoms with Crippen molar-refractivity contribution in [2.24, 2.45) is 32.9 Å². The van der Waals surface area contributed by atoms with Crippen LogP contribution in [0.5, 0.6) is 5.75 Å². The Hall–Kier alpha value is -5.09. The van der Waals surface area contributed by atoms with E-state index in [2.05, 4.69) is 36.6 Å². The van der Waals surface area contributed by atoms with Crippen molar-refractivity contribution in [3.8, 4) is 5.75 Å². The molecule has 17 nitrogen and oxygen atoms in total. The first-order chi connectivity index (χ1) is 20.3. The molecule has 0 saturated carbocycles. The normalized spacial score (nSPS) is 21.9. The lowest BCUT2D eigenvalue weighted by atomic mass is 10.0. The second kappa shape index (κ2) is 17.0. The highest BCUT2D eigenvalue weighted by atomic mass is 16.3. The Morgan fingerprint density at radius 3 is 1.74 bits per heavy atom. The van der Waals surface area contributed by atoms with Gasteiger partial charge in [0.2, 0.25) is 29.5 Å². The molecular weight excluding hydrogens is 562 g/mol. The monoisotopic (exact) mass is 603 g/mol. The van der Waals surface area contributed by atoms with Gasteiger partial charge in [-0.15, -0.1) is 0 Å². The molecule has 1 aromatic rings. The number of benzene rings is 1. The highest BCUT2D eigenvalue weighted by molar-refractivity contribution is 5.97. The summed E-state index contributed by atoms with van der Waals surface area (Å²) in [4.78, 5) is 73.2. The van der Waals surface area contributed by atoms with Crippen LogP contribution in [-0.2, 0) is 30.4 Å². The molecule has 2 rings (SSSR count). The van der Waals surface area contributed by atoms with Gasteiger partial charge in [0.05, 0.1) is 6.54 Å². The number of hydrogen-bond acceptors (Lipinski definition) is 8. The predicted octanol–water partition coefficient (Wildman–Crippen LogP) is -3.87. The Morgan fingerprint density at radius 2 is 1.23 bits per heavy atom. The molecule has 0 unspecified atom stereocenters. The number of nitrogens with two attached hydrogens (primary N) is 4. The van der Waals surface area contributed by atoms with E-state index in [0.717, 1.165) is 0 Å². The van der Waals surface area contributed by atoms with Crippen molar-refractivity contribution in [2.75, 3.05) is 19.6 Å². The minimum atomic E-state index is -1.15. The number of aromatic hydroxyl groups is 1. The maximum atomic E-state index is 13.5. The molecule has 43 heavy (non-hydrogen) atoms. The summed E-state index contributed by atoms with van der Waals surface area (Å²) in [5, 5.41) is 22.5. The van der Waals surface area contributed by atoms with E-state index in [1.165, 1.54) is 19.1 Å². The number of amides is 5. The third-order valence-corrected chi connectivity index (χ3v) is 6.36. The van der Waals surface area contributed by atoms with Gasteiger partial charge in [-0.3, -0.25) is 34.0 Å². The molecule has 0 radical (unpaired) electrons. The lowest BCUT2D eigenvalue weighted by Gasteiger charge is -2.25. The minimum Gasteiger partial charge on any atom is -0.508 e. The van der Waals surface area contributed by atoms with Gasteiger partial charge in [-0.1, -0.05) is 12.1 Å². The molecule has 0 bridgehead atoms. The molecule has 4 atom stereocenters. The van der Waals surface area contributed by atoms with Crippen LogP contribution >= 0.6 is 0 Å². The topological polar surface area (TPSA) is 295 Å². The Balaban J connectivity index is 2.39. The van der Waals surface area contributed by atoms with E-state index in [0.29, 0.717) is 18.4 Å². The lowest BCUT2D eigenvalue weighted by molar-refractivity contribution is -0.134. The van der Waals surface area contributed by atoms with Gasteiger partial charge in [-0.25, -0.2) is 0 Å². The number of phenolic OH excluding ortho intramolecular Hbond substituents is 1. The van der Waals surface area contributed by atoms with Gasteiger partial charge in [0.15, 0.2) is 11.9 Å². The summed E-state index contributed by atoms with van der Waals surface area (Å²) in [6.07, 6.45) is 0.819. The third kappa shape index (κ3) is 12.5. The third-order valence-electron chi connectivity index (χ3n) is 6.36. The number of nitrogens with zero attached hydrogens (tertiary/aromatic N) is 2. The van der Waals surface area contributed by atoms with Crippen molar-refractivity contribution in [1.29, 1.82) is 0 Å². The van der Waals surface area contributed by atoms with E-state index in [1.54, 1.807) is 12.1 Å². The maximum absolute atomic E-state index is 13.5. The molecule has 0 spiro atoms. The lowest BCUT2D eigenvalue weighted by Crippen LogP contribution is -2.57. The molecule has 1 saturated heterocycles. The number of hydrogen-bond donors (Lipinski definition) is 10. The van der Waals surface area contributed by atoms with Gasteiger partial charge >= 0.3 is 0 Å². The van der Waals surface area contributed by atoms with Gasteiger partial charge < -0.3 is 54.6 Å². The Kier molecular flexibility index (Phi) is 13.5. The maximum Gasteiger partial charge on any atom is 0.243 e. The van der Waals surface area contributed by atoms with Gasteiger partial charge in [0.25, 0.3) is 0 Å². The van der Waals surface area contributed by atoms with Crippen LogP contribution in [-0.4, -0.2) is 90.4 Å². The van der Waals surface area contributed by atoms with Crippen molar-refractivity contribution in [1.82, 2.24) is 26.6 Å². The first kappa shape index (κ1) is 34.1. The molecule has 1 aromatic carbocycles. The zero-order chi connectivity index (χ0) is 31.9. The van der Waals surface area contributed by atoms with Gasteiger partial charge in [-0.05, 0) is 50.3 Å². The number of guanidine groups is 2. The van der Waals surface area contributed by atoms with Crippen molar-refractivity contribution in [3.05, 3.63) is 29.8 Å². The van der Waals surface area contributed by atoms with Crippen molar-refractivity contribution in [3.63, 3.8) is 0 Å². The molecule has 1 fully saturated rings. The van der Waals surface area contributed by atoms with Crippen LogP contribution in [0, 0.1) is 0 Å². The van der Waals surface area contributed by atoms with Gasteiger partial charge in [0.1, 0.15) is 29.9 Å². The fourth-order valence-electron chi connectivity index (χ4n) is 4.11. The highest BCUT2D eigenvalue weighted by Crippen LogP contribution is 2.12. The predicted molar refractivity (Wildman–Crippen MR) is 158 cm³/mol. The molecule has 14 N–H and O–H groups in total. The van der Waals surface area contributed by atoms with Gasteiger partial charge in [0, 0.05) is 19.5 Å². The molecule has 17 heteroatoms. The number of carbonyl (C=O) groups excluding carboxylic acids is 5. The van der Waals surface area contributed by atoms with E-state index in [9.17, 15) is 29.1 Å². The summed E-state index contributed by atoms with van der Waals surface area (Å²) in [7, 11) is 0. The van der Waals surface area contributed by atoms with E-state index < -0.39 is 60.2 Å². The zero-order valence-electron chi connectivity index (χ0n) is 24.0. The average Bonchev–Trinajstić information content (AvgIpc) is 2.94. The number of nitrogens with one attached hydrogen (secondary N) is 5. The molecule has 1 aliphatic rings. The molecule has 1 aliphatic heterocycles. The van der Waals surface area contributed by atoms with Crippen LogP contribution in [0.15, 0.2) is 34.3 Å². The van der Waals surface area contributed by atoms with Crippen LogP contribution in [0.4, 0.5) is 0 Å². The Morgan fingerprint density at radius 1 is 0.744 bits per heavy atom. The summed E-state index contributed by atoms with van der Waals surface area (Å²) in [6.45, 7) is 1.30. The van der Waals surface area contributed by atoms with Crippen LogP contribution in [0.2, 0.25) is 0 Å². The summed E-state index contributed by atoms with van der Waals surface area (Å²) in [5.74, 6) is -3.60. The van der Waals surface area contributed by atoms with E-state index in [4.69, 9.17) is 22.9 Å². The second-order valence-electron chi connectivity index (χ2n) is 9.96. The van der Waals surface area contributed by atoms with Crippen molar-refractivity contribution >= 4 is 41.5 Å². The minimum absolute atomic E-state index is 0.0119. The first-order valence-corrected chi connectivity index (χ1v) is 13.7. The van der Waals surface area contributed by atoms with Crippen LogP contribution in [0.3, 0.4) is 0 Å². The summed E-state index contributed by atoms with van der Waals surface area (Å²) in [6, 6.07) is 1.57. The molecule has 0 aromatic heterocycles. The largest absolute Gasteiger partial charge is 0.508 e. The summed E-state index contributed by atoms with van der Waals surface area (Å²) in [5.41, 5.74) is 22.1. The molecule has 1 heterocycles. The number of carbonyl (C=O) groups is 5. The summed E-state index contributed by atoms with van der Waals surface area (Å²) < 4.78 is 0. The fraction of sp³-hybridized carbons (Fsp3) is 0.500. The molecule has 0 aliphatic carbocycles. The zero-order valence-corrected chi connectivity index (χ0v) is 24.0. The number of rotatable bonds is 10. The Bertz CT molecular complexity index is 1200. The van der Waals surface area contributed by atoms with Crippen LogP contribution in [0.1, 0.15) is 38.2 Å². The molecule has 5 amide bonds. The van der Waals surface area contributed by atoms with E-state index in [1.807, 2.05) is 0 Å². The molecule has 236 valence electrons. The summed E-state index contributed by atoms with van der Waals surface area (Å²) >= 11 is 0. The second-order valence-corrected chi connectivity index (χ2v) is 9.96. The van der Waals surface area contributed by atoms with Crippen LogP contribution < -0.4 is 49.5 Å². The van der Waals surface area contributed by atoms with E-state index in [-0.39, 0.29) is 50.0 Å². The number of aliphatic imine (C=N–C) groups is 2. The SMILES string of the molecule is C[C@@H]1NC(=O)[C@H](CCCN=C(N)N)NC(=O)[C@H](CCCN=C(N)N)NC(=O)[C@@H](Cc2ccc(O)cc2)NC(=O)CNC1=O. The van der Waals surface area contributed by atoms with Crippen molar-refractivity contribution in [2.45, 2.75) is 63.2 Å². The molecular formula is C26H41N11O6. The highest BCUT2D eigenvalue weighted by Gasteiger charge is 2.31. The first-order valence-electron chi connectivity index (χ1n) is 13.7. The fourth-order valence-corrected chi connectivity index (χ4v) is 4.11. The van der Waals surface area contributed by atoms with E-state index >= 15 is 0 Å². The number of phenols is 1. The van der Waals surface area contributed by atoms with Gasteiger partial charge in [-0.2, -0.15) is 0 Å². The van der Waals surface area contributed by atoms with Crippen molar-refractivity contribution < 1.29 is 29.1 Å². The smallest absolute Gasteiger partial charge is 0.243 e. The van der Waals surface area contributed by atoms with Crippen LogP contribution in [0.25, 0.3) is 0 Å². The standard InChI is InChI=1S/C26H41N11O6/c1-14-21(40)33-13-20(39)35-19(12-15-6-8-16(38)9-7-15)24(43)37-18(5-3-11-32-26(29)30)23(42)36-17(22(41)34-14)4-2-10-31-25(27)28/h6-9,14,17-19,38H,2-5,10-13H2,1H3,(H,33,40)(H,34,41)(H,35,39)(H,36,42)(H,37,43)(H4,27,28,31)(H4,29,30,32)/t14-,17-,18-,19+/m0/s1. The quantitative estimate of drug-likeness (QED) is 0.0705.